The van der Waals surface area contributed by atoms with Gasteiger partial charge in [0.2, 0.25) is 5.95 Å². The summed E-state index contributed by atoms with van der Waals surface area (Å²) < 4.78 is 29.4. The maximum absolute atomic E-state index is 12.2. The van der Waals surface area contributed by atoms with Gasteiger partial charge in [-0.2, -0.15) is 8.78 Å². The van der Waals surface area contributed by atoms with Gasteiger partial charge in [-0.1, -0.05) is 5.92 Å². The van der Waals surface area contributed by atoms with Crippen molar-refractivity contribution in [3.8, 4) is 12.3 Å². The molecule has 0 aliphatic carbocycles. The predicted octanol–water partition coefficient (Wildman–Crippen LogP) is 2.57. The number of aromatic nitrogens is 2. The first kappa shape index (κ1) is 17.6. The molecule has 0 atom stereocenters. The van der Waals surface area contributed by atoms with Crippen LogP contribution in [0.3, 0.4) is 0 Å². The zero-order chi connectivity index (χ0) is 16.7. The third-order valence-corrected chi connectivity index (χ3v) is 2.89. The molecule has 7 heteroatoms. The van der Waals surface area contributed by atoms with E-state index in [9.17, 15) is 13.6 Å². The monoisotopic (exact) mass is 309 g/mol. The normalized spacial score (nSPS) is 9.82. The number of ether oxygens (including phenoxy) is 1. The number of terminal acetylenes is 1. The highest BCUT2D eigenvalue weighted by Crippen LogP contribution is 2.13. The second kappa shape index (κ2) is 8.08. The number of hydrogen-bond donors (Lipinski definition) is 0. The van der Waals surface area contributed by atoms with Crippen molar-refractivity contribution in [3.63, 3.8) is 0 Å². The third-order valence-electron chi connectivity index (χ3n) is 2.89. The van der Waals surface area contributed by atoms with Gasteiger partial charge in [0.25, 0.3) is 6.08 Å². The first-order valence-corrected chi connectivity index (χ1v) is 6.53. The molecule has 0 aliphatic heterocycles. The maximum Gasteiger partial charge on any atom is 0.341 e. The van der Waals surface area contributed by atoms with Crippen LogP contribution in [-0.2, 0) is 4.74 Å². The number of rotatable bonds is 6. The van der Waals surface area contributed by atoms with Gasteiger partial charge >= 0.3 is 5.97 Å². The topological polar surface area (TPSA) is 55.3 Å². The van der Waals surface area contributed by atoms with E-state index in [-0.39, 0.29) is 24.2 Å². The van der Waals surface area contributed by atoms with Crippen LogP contribution in [0.25, 0.3) is 0 Å². The van der Waals surface area contributed by atoms with E-state index in [4.69, 9.17) is 11.2 Å². The Morgan fingerprint density at radius 3 is 2.73 bits per heavy atom. The van der Waals surface area contributed by atoms with Crippen LogP contribution in [0.1, 0.15) is 29.4 Å². The predicted molar refractivity (Wildman–Crippen MR) is 78.7 cm³/mol. The minimum Gasteiger partial charge on any atom is -0.462 e. The Labute approximate surface area is 128 Å². The van der Waals surface area contributed by atoms with Gasteiger partial charge in [0.1, 0.15) is 0 Å². The number of halogens is 2. The number of carbonyl (C=O) groups excluding carboxylic acids is 1. The van der Waals surface area contributed by atoms with Gasteiger partial charge in [0.15, 0.2) is 0 Å². The molecule has 1 aromatic heterocycles. The Morgan fingerprint density at radius 1 is 1.50 bits per heavy atom. The highest BCUT2D eigenvalue weighted by Gasteiger charge is 2.14. The SMILES string of the molecule is C#CCN(C)c1ncc(C(=O)OCCC(C)=C(F)F)c(C)n1. The van der Waals surface area contributed by atoms with E-state index in [1.54, 1.807) is 18.9 Å². The highest BCUT2D eigenvalue weighted by atomic mass is 19.3. The molecule has 1 heterocycles. The van der Waals surface area contributed by atoms with Crippen LogP contribution in [0.4, 0.5) is 14.7 Å². The van der Waals surface area contributed by atoms with Crippen molar-refractivity contribution in [2.45, 2.75) is 20.3 Å². The molecule has 0 radical (unpaired) electrons. The number of anilines is 1. The van der Waals surface area contributed by atoms with E-state index >= 15 is 0 Å². The van der Waals surface area contributed by atoms with Crippen LogP contribution in [-0.4, -0.2) is 36.1 Å². The van der Waals surface area contributed by atoms with Crippen molar-refractivity contribution in [1.29, 1.82) is 0 Å². The van der Waals surface area contributed by atoms with Crippen LogP contribution in [0, 0.1) is 19.3 Å². The van der Waals surface area contributed by atoms with Crippen LogP contribution in [0.2, 0.25) is 0 Å². The summed E-state index contributed by atoms with van der Waals surface area (Å²) in [5.74, 6) is 2.21. The summed E-state index contributed by atoms with van der Waals surface area (Å²) in [7, 11) is 1.73. The average Bonchev–Trinajstić information content (AvgIpc) is 2.46. The molecule has 0 aliphatic rings. The lowest BCUT2D eigenvalue weighted by atomic mass is 10.2. The van der Waals surface area contributed by atoms with Gasteiger partial charge in [-0.15, -0.1) is 6.42 Å². The molecule has 0 N–H and O–H groups in total. The smallest absolute Gasteiger partial charge is 0.341 e. The van der Waals surface area contributed by atoms with E-state index in [0.29, 0.717) is 18.2 Å². The quantitative estimate of drug-likeness (QED) is 0.597. The molecule has 0 spiro atoms. The van der Waals surface area contributed by atoms with Crippen LogP contribution in [0.15, 0.2) is 17.9 Å². The molecule has 0 saturated carbocycles. The summed E-state index contributed by atoms with van der Waals surface area (Å²) in [6.45, 7) is 3.13. The molecule has 118 valence electrons. The van der Waals surface area contributed by atoms with E-state index in [1.165, 1.54) is 13.1 Å². The Hall–Kier alpha value is -2.49. The Balaban J connectivity index is 2.71. The van der Waals surface area contributed by atoms with Crippen molar-refractivity contribution in [3.05, 3.63) is 29.1 Å². The number of esters is 1. The van der Waals surface area contributed by atoms with Crippen LogP contribution < -0.4 is 4.90 Å². The molecular weight excluding hydrogens is 292 g/mol. The fraction of sp³-hybridized carbons (Fsp3) is 0.400. The summed E-state index contributed by atoms with van der Waals surface area (Å²) in [4.78, 5) is 21.7. The number of nitrogens with zero attached hydrogens (tertiary/aromatic N) is 3. The van der Waals surface area contributed by atoms with Gasteiger partial charge in [0, 0.05) is 19.7 Å². The fourth-order valence-electron chi connectivity index (χ4n) is 1.52. The molecule has 0 saturated heterocycles. The minimum absolute atomic E-state index is 0.0169. The lowest BCUT2D eigenvalue weighted by molar-refractivity contribution is 0.0506. The molecular formula is C15H17F2N3O2. The second-order valence-electron chi connectivity index (χ2n) is 4.66. The summed E-state index contributed by atoms with van der Waals surface area (Å²) in [5, 5.41) is 0. The molecule has 5 nitrogen and oxygen atoms in total. The first-order chi connectivity index (χ1) is 10.4. The van der Waals surface area contributed by atoms with Gasteiger partial charge in [-0.25, -0.2) is 14.8 Å². The van der Waals surface area contributed by atoms with Crippen molar-refractivity contribution >= 4 is 11.9 Å². The summed E-state index contributed by atoms with van der Waals surface area (Å²) in [5.41, 5.74) is 0.523. The van der Waals surface area contributed by atoms with Crippen LogP contribution >= 0.6 is 0 Å². The Bertz CT molecular complexity index is 620. The van der Waals surface area contributed by atoms with Crippen LogP contribution in [0.5, 0.6) is 0 Å². The van der Waals surface area contributed by atoms with Crippen molar-refractivity contribution in [2.75, 3.05) is 25.1 Å². The minimum atomic E-state index is -1.75. The van der Waals surface area contributed by atoms with Gasteiger partial charge in [0.05, 0.1) is 24.4 Å². The lowest BCUT2D eigenvalue weighted by Gasteiger charge is -2.14. The third kappa shape index (κ3) is 4.81. The van der Waals surface area contributed by atoms with E-state index in [2.05, 4.69) is 15.9 Å². The Morgan fingerprint density at radius 2 is 2.18 bits per heavy atom. The Kier molecular flexibility index (Phi) is 6.45. The summed E-state index contributed by atoms with van der Waals surface area (Å²) in [6.07, 6.45) is 4.77. The van der Waals surface area contributed by atoms with E-state index in [0.717, 1.165) is 0 Å². The fourth-order valence-corrected chi connectivity index (χ4v) is 1.52. The molecule has 1 aromatic rings. The summed E-state index contributed by atoms with van der Waals surface area (Å²) in [6, 6.07) is 0. The zero-order valence-corrected chi connectivity index (χ0v) is 12.7. The molecule has 0 bridgehead atoms. The van der Waals surface area contributed by atoms with E-state index < -0.39 is 12.0 Å². The molecule has 0 fully saturated rings. The highest BCUT2D eigenvalue weighted by molar-refractivity contribution is 5.90. The van der Waals surface area contributed by atoms with Gasteiger partial charge in [-0.05, 0) is 19.4 Å². The molecule has 0 amide bonds. The standard InChI is InChI=1S/C15H17F2N3O2/c1-5-7-20(4)15-18-9-12(11(3)19-15)14(21)22-8-6-10(2)13(16)17/h1,9H,6-8H2,2-4H3. The van der Waals surface area contributed by atoms with Crippen molar-refractivity contribution in [1.82, 2.24) is 9.97 Å². The van der Waals surface area contributed by atoms with E-state index in [1.807, 2.05) is 0 Å². The average molecular weight is 309 g/mol. The largest absolute Gasteiger partial charge is 0.462 e. The maximum atomic E-state index is 12.2. The number of carbonyl (C=O) groups is 1. The molecule has 0 unspecified atom stereocenters. The zero-order valence-electron chi connectivity index (χ0n) is 12.7. The van der Waals surface area contributed by atoms with Crippen molar-refractivity contribution < 1.29 is 18.3 Å². The number of aryl methyl sites for hydroxylation is 1. The van der Waals surface area contributed by atoms with Crippen molar-refractivity contribution in [2.24, 2.45) is 0 Å². The summed E-state index contributed by atoms with van der Waals surface area (Å²) >= 11 is 0. The second-order valence-corrected chi connectivity index (χ2v) is 4.66. The first-order valence-electron chi connectivity index (χ1n) is 6.53. The molecule has 0 aromatic carbocycles. The number of hydrogen-bond acceptors (Lipinski definition) is 5. The van der Waals surface area contributed by atoms with Gasteiger partial charge < -0.3 is 9.64 Å². The molecule has 22 heavy (non-hydrogen) atoms. The molecule has 1 rings (SSSR count). The lowest BCUT2D eigenvalue weighted by Crippen LogP contribution is -2.21. The van der Waals surface area contributed by atoms with Gasteiger partial charge in [-0.3, -0.25) is 0 Å².